The SMILES string of the molecule is CC1(C)C(=O)CC1C[B-](F)(F)F. The quantitative estimate of drug-likeness (QED) is 0.595. The summed E-state index contributed by atoms with van der Waals surface area (Å²) < 4.78 is 35.8. The van der Waals surface area contributed by atoms with Crippen LogP contribution >= 0.6 is 0 Å². The largest absolute Gasteiger partial charge is 0.478 e. The average molecular weight is 179 g/mol. The first-order valence-electron chi connectivity index (χ1n) is 3.98. The molecule has 70 valence electrons. The topological polar surface area (TPSA) is 17.1 Å². The highest BCUT2D eigenvalue weighted by molar-refractivity contribution is 6.58. The first-order valence-corrected chi connectivity index (χ1v) is 3.98. The number of hydrogen-bond donors (Lipinski definition) is 0. The molecule has 0 amide bonds. The fraction of sp³-hybridized carbons (Fsp3) is 0.857. The molecule has 1 nitrogen and oxygen atoms in total. The number of ketones is 1. The van der Waals surface area contributed by atoms with E-state index in [0.29, 0.717) is 0 Å². The molecule has 0 saturated heterocycles. The van der Waals surface area contributed by atoms with E-state index in [1.165, 1.54) is 0 Å². The molecule has 0 aromatic rings. The van der Waals surface area contributed by atoms with Gasteiger partial charge in [0.1, 0.15) is 5.78 Å². The molecule has 0 aliphatic heterocycles. The Morgan fingerprint density at radius 1 is 1.50 bits per heavy atom. The number of Topliss-reactive ketones (excluding diaryl/α,β-unsaturated/α-hetero) is 1. The van der Waals surface area contributed by atoms with E-state index in [9.17, 15) is 17.7 Å². The Bertz CT molecular complexity index is 209. The highest BCUT2D eigenvalue weighted by Crippen LogP contribution is 2.47. The van der Waals surface area contributed by atoms with Gasteiger partial charge in [-0.05, 0) is 5.92 Å². The molecular weight excluding hydrogens is 168 g/mol. The van der Waals surface area contributed by atoms with Crippen LogP contribution in [0.5, 0.6) is 0 Å². The van der Waals surface area contributed by atoms with Crippen molar-refractivity contribution in [3.05, 3.63) is 0 Å². The number of rotatable bonds is 2. The molecule has 5 heteroatoms. The van der Waals surface area contributed by atoms with Crippen LogP contribution in [0.4, 0.5) is 12.9 Å². The summed E-state index contributed by atoms with van der Waals surface area (Å²) in [6, 6.07) is 0. The lowest BCUT2D eigenvalue weighted by Gasteiger charge is -2.44. The zero-order chi connectivity index (χ0) is 9.57. The van der Waals surface area contributed by atoms with Gasteiger partial charge < -0.3 is 12.9 Å². The second-order valence-corrected chi connectivity index (χ2v) is 3.99. The molecule has 1 unspecified atom stereocenters. The van der Waals surface area contributed by atoms with E-state index in [-0.39, 0.29) is 12.2 Å². The van der Waals surface area contributed by atoms with Gasteiger partial charge in [-0.3, -0.25) is 4.79 Å². The first-order chi connectivity index (χ1) is 5.23. The molecule has 1 rings (SSSR count). The fourth-order valence-corrected chi connectivity index (χ4v) is 1.54. The second kappa shape index (κ2) is 2.50. The fourth-order valence-electron chi connectivity index (χ4n) is 1.54. The molecule has 0 aromatic carbocycles. The van der Waals surface area contributed by atoms with Crippen molar-refractivity contribution in [3.63, 3.8) is 0 Å². The Morgan fingerprint density at radius 2 is 2.00 bits per heavy atom. The van der Waals surface area contributed by atoms with Gasteiger partial charge >= 0.3 is 6.98 Å². The lowest BCUT2D eigenvalue weighted by Crippen LogP contribution is -2.47. The van der Waals surface area contributed by atoms with E-state index in [1.807, 2.05) is 0 Å². The van der Waals surface area contributed by atoms with Crippen molar-refractivity contribution in [2.75, 3.05) is 0 Å². The summed E-state index contributed by atoms with van der Waals surface area (Å²) in [7, 11) is 0. The molecule has 0 bridgehead atoms. The zero-order valence-electron chi connectivity index (χ0n) is 7.11. The van der Waals surface area contributed by atoms with Gasteiger partial charge in [-0.25, -0.2) is 0 Å². The van der Waals surface area contributed by atoms with Gasteiger partial charge in [-0.2, -0.15) is 0 Å². The maximum absolute atomic E-state index is 11.9. The van der Waals surface area contributed by atoms with E-state index in [2.05, 4.69) is 0 Å². The molecule has 1 aliphatic rings. The molecule has 1 fully saturated rings. The summed E-state index contributed by atoms with van der Waals surface area (Å²) in [4.78, 5) is 10.9. The predicted octanol–water partition coefficient (Wildman–Crippen LogP) is 2.45. The van der Waals surface area contributed by atoms with E-state index in [4.69, 9.17) is 0 Å². The van der Waals surface area contributed by atoms with Gasteiger partial charge in [0.2, 0.25) is 0 Å². The molecule has 12 heavy (non-hydrogen) atoms. The van der Waals surface area contributed by atoms with Gasteiger partial charge in [-0.1, -0.05) is 20.2 Å². The van der Waals surface area contributed by atoms with Crippen LogP contribution in [0.2, 0.25) is 6.32 Å². The minimum atomic E-state index is -4.73. The molecule has 1 atom stereocenters. The predicted molar refractivity (Wildman–Crippen MR) is 40.8 cm³/mol. The van der Waals surface area contributed by atoms with Crippen LogP contribution < -0.4 is 0 Å². The Kier molecular flexibility index (Phi) is 2.01. The van der Waals surface area contributed by atoms with Gasteiger partial charge in [0, 0.05) is 11.8 Å². The van der Waals surface area contributed by atoms with Crippen molar-refractivity contribution in [1.29, 1.82) is 0 Å². The van der Waals surface area contributed by atoms with Crippen molar-refractivity contribution < 1.29 is 17.7 Å². The summed E-state index contributed by atoms with van der Waals surface area (Å²) in [6.45, 7) is -1.56. The van der Waals surface area contributed by atoms with Crippen LogP contribution in [0.1, 0.15) is 20.3 Å². The highest BCUT2D eigenvalue weighted by Gasteiger charge is 2.49. The third-order valence-electron chi connectivity index (χ3n) is 2.72. The average Bonchev–Trinajstić information content (AvgIpc) is 1.84. The monoisotopic (exact) mass is 179 g/mol. The molecular formula is C7H11BF3O-. The van der Waals surface area contributed by atoms with Crippen LogP contribution in [0.3, 0.4) is 0 Å². The van der Waals surface area contributed by atoms with Crippen molar-refractivity contribution >= 4 is 12.8 Å². The molecule has 0 radical (unpaired) electrons. The third kappa shape index (κ3) is 1.64. The maximum atomic E-state index is 11.9. The van der Waals surface area contributed by atoms with Gasteiger partial charge in [-0.15, -0.1) is 0 Å². The number of hydrogen-bond acceptors (Lipinski definition) is 1. The van der Waals surface area contributed by atoms with Gasteiger partial charge in [0.05, 0.1) is 0 Å². The Morgan fingerprint density at radius 3 is 2.25 bits per heavy atom. The molecule has 1 saturated carbocycles. The van der Waals surface area contributed by atoms with Crippen LogP contribution in [-0.4, -0.2) is 12.8 Å². The lowest BCUT2D eigenvalue weighted by atomic mass is 9.55. The van der Waals surface area contributed by atoms with Crippen molar-refractivity contribution in [3.8, 4) is 0 Å². The normalized spacial score (nSPS) is 28.4. The van der Waals surface area contributed by atoms with Gasteiger partial charge in [0.15, 0.2) is 0 Å². The van der Waals surface area contributed by atoms with E-state index < -0.39 is 24.6 Å². The van der Waals surface area contributed by atoms with Gasteiger partial charge in [0.25, 0.3) is 0 Å². The number of halogens is 3. The second-order valence-electron chi connectivity index (χ2n) is 3.99. The van der Waals surface area contributed by atoms with Crippen molar-refractivity contribution in [2.45, 2.75) is 26.6 Å². The summed E-state index contributed by atoms with van der Waals surface area (Å²) in [6.07, 6.45) is -0.660. The highest BCUT2D eigenvalue weighted by atomic mass is 19.4. The molecule has 1 aliphatic carbocycles. The molecule has 0 aromatic heterocycles. The van der Waals surface area contributed by atoms with Crippen LogP contribution in [0.25, 0.3) is 0 Å². The maximum Gasteiger partial charge on any atom is 0.478 e. The van der Waals surface area contributed by atoms with E-state index in [0.717, 1.165) is 0 Å². The Hall–Kier alpha value is -0.475. The number of carbonyl (C=O) groups is 1. The minimum Gasteiger partial charge on any atom is -0.449 e. The summed E-state index contributed by atoms with van der Waals surface area (Å²) in [5, 5.41) is 0. The smallest absolute Gasteiger partial charge is 0.449 e. The summed E-state index contributed by atoms with van der Waals surface area (Å²) in [5.41, 5.74) is -0.739. The summed E-state index contributed by atoms with van der Waals surface area (Å²) in [5.74, 6) is -0.530. The minimum absolute atomic E-state index is 0.0486. The molecule has 0 heterocycles. The first kappa shape index (κ1) is 9.61. The Balaban J connectivity index is 2.54. The standard InChI is InChI=1S/C7H11BF3O/c1-7(2)5(3-6(7)12)4-8(9,10)11/h5H,3-4H2,1-2H3/q-1. The molecule has 0 N–H and O–H groups in total. The van der Waals surface area contributed by atoms with Crippen LogP contribution in [0.15, 0.2) is 0 Å². The Labute approximate surface area is 69.4 Å². The lowest BCUT2D eigenvalue weighted by molar-refractivity contribution is -0.141. The van der Waals surface area contributed by atoms with Crippen LogP contribution in [0, 0.1) is 11.3 Å². The summed E-state index contributed by atoms with van der Waals surface area (Å²) >= 11 is 0. The van der Waals surface area contributed by atoms with Crippen LogP contribution in [-0.2, 0) is 4.79 Å². The number of carbonyl (C=O) groups excluding carboxylic acids is 1. The van der Waals surface area contributed by atoms with Crippen molar-refractivity contribution in [2.24, 2.45) is 11.3 Å². The van der Waals surface area contributed by atoms with E-state index >= 15 is 0 Å². The molecule has 0 spiro atoms. The third-order valence-corrected chi connectivity index (χ3v) is 2.72. The zero-order valence-corrected chi connectivity index (χ0v) is 7.11. The van der Waals surface area contributed by atoms with Crippen molar-refractivity contribution in [1.82, 2.24) is 0 Å². The van der Waals surface area contributed by atoms with E-state index in [1.54, 1.807) is 13.8 Å².